The van der Waals surface area contributed by atoms with Crippen LogP contribution < -0.4 is 20.7 Å². The van der Waals surface area contributed by atoms with Crippen LogP contribution in [0.5, 0.6) is 11.5 Å². The zero-order chi connectivity index (χ0) is 16.8. The van der Waals surface area contributed by atoms with Gasteiger partial charge in [0.1, 0.15) is 11.3 Å². The van der Waals surface area contributed by atoms with E-state index in [4.69, 9.17) is 9.47 Å². The lowest BCUT2D eigenvalue weighted by Gasteiger charge is -2.07. The van der Waals surface area contributed by atoms with E-state index in [0.29, 0.717) is 28.5 Å². The molecule has 4 rings (SSSR count). The van der Waals surface area contributed by atoms with E-state index >= 15 is 0 Å². The van der Waals surface area contributed by atoms with Gasteiger partial charge < -0.3 is 14.5 Å². The Hall–Kier alpha value is -3.03. The second-order valence-corrected chi connectivity index (χ2v) is 6.01. The van der Waals surface area contributed by atoms with Gasteiger partial charge in [0.2, 0.25) is 6.79 Å². The van der Waals surface area contributed by atoms with Gasteiger partial charge in [-0.05, 0) is 17.7 Å². The van der Waals surface area contributed by atoms with Gasteiger partial charge in [-0.2, -0.15) is 0 Å². The molecule has 0 spiro atoms. The normalized spacial score (nSPS) is 13.1. The number of aromatic amines is 2. The first kappa shape index (κ1) is 14.6. The van der Waals surface area contributed by atoms with E-state index in [0.717, 1.165) is 5.56 Å². The molecule has 0 radical (unpaired) electrons. The van der Waals surface area contributed by atoms with E-state index in [9.17, 15) is 9.59 Å². The standard InChI is InChI=1S/C16H16N4O4/c1-8(2)13-17-12-14(18-13)20(16(22)19-15(12)21)6-9-3-4-10-11(5-9)24-7-23-10/h3-5,8H,6-7H2,1-2H3,(H,17,18)(H,19,21,22). The molecule has 24 heavy (non-hydrogen) atoms. The summed E-state index contributed by atoms with van der Waals surface area (Å²) in [5.41, 5.74) is 0.552. The summed E-state index contributed by atoms with van der Waals surface area (Å²) in [5.74, 6) is 2.11. The molecule has 0 saturated carbocycles. The van der Waals surface area contributed by atoms with E-state index in [-0.39, 0.29) is 19.3 Å². The van der Waals surface area contributed by atoms with Gasteiger partial charge in [-0.3, -0.25) is 14.3 Å². The number of H-pyrrole nitrogens is 2. The number of hydrogen-bond acceptors (Lipinski definition) is 5. The summed E-state index contributed by atoms with van der Waals surface area (Å²) in [4.78, 5) is 34.0. The first-order valence-electron chi connectivity index (χ1n) is 7.64. The van der Waals surface area contributed by atoms with Crippen molar-refractivity contribution in [3.63, 3.8) is 0 Å². The summed E-state index contributed by atoms with van der Waals surface area (Å²) < 4.78 is 12.1. The zero-order valence-corrected chi connectivity index (χ0v) is 13.3. The van der Waals surface area contributed by atoms with Crippen LogP contribution in [0, 0.1) is 0 Å². The van der Waals surface area contributed by atoms with Gasteiger partial charge in [0, 0.05) is 5.92 Å². The van der Waals surface area contributed by atoms with E-state index < -0.39 is 11.2 Å². The third kappa shape index (κ3) is 2.27. The summed E-state index contributed by atoms with van der Waals surface area (Å²) in [5, 5.41) is 0. The number of benzene rings is 1. The molecular weight excluding hydrogens is 312 g/mol. The Kier molecular flexibility index (Phi) is 3.19. The fraction of sp³-hybridized carbons (Fsp3) is 0.312. The summed E-state index contributed by atoms with van der Waals surface area (Å²) in [7, 11) is 0. The van der Waals surface area contributed by atoms with Gasteiger partial charge in [0.05, 0.1) is 6.54 Å². The van der Waals surface area contributed by atoms with Crippen molar-refractivity contribution in [1.82, 2.24) is 19.5 Å². The van der Waals surface area contributed by atoms with Crippen LogP contribution in [-0.2, 0) is 6.54 Å². The molecule has 8 nitrogen and oxygen atoms in total. The number of imidazole rings is 1. The molecule has 1 aliphatic heterocycles. The SMILES string of the molecule is CC(C)c1nc2c([nH]1)c(=O)[nH]c(=O)n2Cc1ccc2c(c1)OCO2. The van der Waals surface area contributed by atoms with Crippen molar-refractivity contribution in [2.45, 2.75) is 26.3 Å². The van der Waals surface area contributed by atoms with Crippen LogP contribution in [0.2, 0.25) is 0 Å². The predicted molar refractivity (Wildman–Crippen MR) is 86.7 cm³/mol. The second kappa shape index (κ2) is 5.26. The third-order valence-electron chi connectivity index (χ3n) is 3.98. The highest BCUT2D eigenvalue weighted by Crippen LogP contribution is 2.32. The predicted octanol–water partition coefficient (Wildman–Crippen LogP) is 1.31. The van der Waals surface area contributed by atoms with Crippen LogP contribution in [0.25, 0.3) is 11.2 Å². The molecular formula is C16H16N4O4. The molecule has 8 heteroatoms. The van der Waals surface area contributed by atoms with Gasteiger partial charge in [-0.15, -0.1) is 0 Å². The van der Waals surface area contributed by atoms with Crippen molar-refractivity contribution in [3.8, 4) is 11.5 Å². The maximum Gasteiger partial charge on any atom is 0.330 e. The average molecular weight is 328 g/mol. The Morgan fingerprint density at radius 3 is 2.79 bits per heavy atom. The lowest BCUT2D eigenvalue weighted by Crippen LogP contribution is -2.30. The van der Waals surface area contributed by atoms with Crippen LogP contribution in [-0.4, -0.2) is 26.3 Å². The first-order chi connectivity index (χ1) is 11.5. The van der Waals surface area contributed by atoms with Crippen LogP contribution in [0.4, 0.5) is 0 Å². The van der Waals surface area contributed by atoms with Crippen molar-refractivity contribution < 1.29 is 9.47 Å². The van der Waals surface area contributed by atoms with E-state index in [1.54, 1.807) is 6.07 Å². The third-order valence-corrected chi connectivity index (χ3v) is 3.98. The summed E-state index contributed by atoms with van der Waals surface area (Å²) >= 11 is 0. The van der Waals surface area contributed by atoms with Crippen LogP contribution in [0.3, 0.4) is 0 Å². The van der Waals surface area contributed by atoms with Gasteiger partial charge in [0.15, 0.2) is 17.1 Å². The topological polar surface area (TPSA) is 102 Å². The molecule has 2 aromatic heterocycles. The summed E-state index contributed by atoms with van der Waals surface area (Å²) in [6, 6.07) is 5.48. The highest BCUT2D eigenvalue weighted by atomic mass is 16.7. The largest absolute Gasteiger partial charge is 0.454 e. The van der Waals surface area contributed by atoms with Crippen molar-refractivity contribution >= 4 is 11.2 Å². The van der Waals surface area contributed by atoms with E-state index in [1.165, 1.54) is 4.57 Å². The molecule has 0 saturated heterocycles. The molecule has 3 heterocycles. The lowest BCUT2D eigenvalue weighted by atomic mass is 10.2. The molecule has 1 aromatic carbocycles. The minimum Gasteiger partial charge on any atom is -0.454 e. The Balaban J connectivity index is 1.84. The molecule has 1 aliphatic rings. The quantitative estimate of drug-likeness (QED) is 0.755. The van der Waals surface area contributed by atoms with Crippen molar-refractivity contribution in [1.29, 1.82) is 0 Å². The van der Waals surface area contributed by atoms with Crippen molar-refractivity contribution in [3.05, 3.63) is 50.4 Å². The van der Waals surface area contributed by atoms with Crippen LogP contribution in [0.1, 0.15) is 31.2 Å². The smallest absolute Gasteiger partial charge is 0.330 e. The highest BCUT2D eigenvalue weighted by molar-refractivity contribution is 5.70. The Morgan fingerprint density at radius 2 is 2.00 bits per heavy atom. The molecule has 0 aliphatic carbocycles. The van der Waals surface area contributed by atoms with Gasteiger partial charge >= 0.3 is 5.69 Å². The monoisotopic (exact) mass is 328 g/mol. The Morgan fingerprint density at radius 1 is 1.21 bits per heavy atom. The molecule has 0 atom stereocenters. The fourth-order valence-corrected chi connectivity index (χ4v) is 2.70. The summed E-state index contributed by atoms with van der Waals surface area (Å²) in [6.45, 7) is 4.39. The van der Waals surface area contributed by atoms with E-state index in [2.05, 4.69) is 15.0 Å². The molecule has 0 bridgehead atoms. The molecule has 2 N–H and O–H groups in total. The number of aromatic nitrogens is 4. The maximum atomic E-state index is 12.3. The number of hydrogen-bond donors (Lipinski definition) is 2. The van der Waals surface area contributed by atoms with Crippen molar-refractivity contribution in [2.24, 2.45) is 0 Å². The number of ether oxygens (including phenoxy) is 2. The van der Waals surface area contributed by atoms with Crippen molar-refractivity contribution in [2.75, 3.05) is 6.79 Å². The minimum absolute atomic E-state index is 0.117. The molecule has 0 unspecified atom stereocenters. The van der Waals surface area contributed by atoms with Gasteiger partial charge in [-0.25, -0.2) is 9.78 Å². The number of fused-ring (bicyclic) bond motifs is 2. The fourth-order valence-electron chi connectivity index (χ4n) is 2.70. The number of rotatable bonds is 3. The molecule has 0 fully saturated rings. The molecule has 0 amide bonds. The maximum absolute atomic E-state index is 12.3. The number of nitrogens with one attached hydrogen (secondary N) is 2. The average Bonchev–Trinajstić information content (AvgIpc) is 3.17. The zero-order valence-electron chi connectivity index (χ0n) is 13.3. The Labute approximate surface area is 136 Å². The van der Waals surface area contributed by atoms with E-state index in [1.807, 2.05) is 26.0 Å². The highest BCUT2D eigenvalue weighted by Gasteiger charge is 2.17. The minimum atomic E-state index is -0.494. The first-order valence-corrected chi connectivity index (χ1v) is 7.64. The second-order valence-electron chi connectivity index (χ2n) is 6.01. The summed E-state index contributed by atoms with van der Waals surface area (Å²) in [6.07, 6.45) is 0. The Bertz CT molecular complexity index is 1040. The molecule has 124 valence electrons. The van der Waals surface area contributed by atoms with Crippen LogP contribution >= 0.6 is 0 Å². The van der Waals surface area contributed by atoms with Gasteiger partial charge in [0.25, 0.3) is 5.56 Å². The molecule has 3 aromatic rings. The lowest BCUT2D eigenvalue weighted by molar-refractivity contribution is 0.174. The number of nitrogens with zero attached hydrogens (tertiary/aromatic N) is 2. The van der Waals surface area contributed by atoms with Crippen LogP contribution in [0.15, 0.2) is 27.8 Å². The van der Waals surface area contributed by atoms with Gasteiger partial charge in [-0.1, -0.05) is 19.9 Å².